The van der Waals surface area contributed by atoms with Gasteiger partial charge in [-0.2, -0.15) is 5.26 Å². The molecule has 0 aromatic heterocycles. The van der Waals surface area contributed by atoms with Crippen LogP contribution >= 0.6 is 0 Å². The number of fused-ring (bicyclic) bond motifs is 1. The maximum Gasteiger partial charge on any atom is 0.253 e. The topological polar surface area (TPSA) is 112 Å². The third kappa shape index (κ3) is 5.22. The fraction of sp³-hybridized carbons (Fsp3) is 0.545. The molecule has 1 saturated carbocycles. The minimum Gasteiger partial charge on any atom is -0.383 e. The number of piperazine rings is 1. The number of carbonyl (C=O) groups is 2. The number of amides is 2. The van der Waals surface area contributed by atoms with Crippen molar-refractivity contribution in [1.82, 2.24) is 9.80 Å². The Morgan fingerprint density at radius 2 is 1.49 bits per heavy atom. The quantitative estimate of drug-likeness (QED) is 0.582. The zero-order chi connectivity index (χ0) is 28.5. The summed E-state index contributed by atoms with van der Waals surface area (Å²) in [6.07, 6.45) is 9.77. The number of nitrogens with two attached hydrogens (primary N) is 1. The zero-order valence-corrected chi connectivity index (χ0v) is 23.9. The van der Waals surface area contributed by atoms with E-state index in [4.69, 9.17) is 10.5 Å². The van der Waals surface area contributed by atoms with Gasteiger partial charge in [0.15, 0.2) is 0 Å². The number of benzene rings is 2. The molecule has 2 amide bonds. The Morgan fingerprint density at radius 3 is 2.10 bits per heavy atom. The Labute approximate surface area is 242 Å². The number of nitrogens with zero attached hydrogens (tertiary/aromatic N) is 3. The number of anilines is 1. The van der Waals surface area contributed by atoms with Crippen molar-refractivity contribution in [1.29, 1.82) is 5.26 Å². The fourth-order valence-electron chi connectivity index (χ4n) is 7.12. The van der Waals surface area contributed by atoms with Crippen LogP contribution in [0.25, 0.3) is 11.1 Å². The highest BCUT2D eigenvalue weighted by atomic mass is 16.5. The van der Waals surface area contributed by atoms with E-state index in [2.05, 4.69) is 29.6 Å². The molecule has 1 unspecified atom stereocenters. The second kappa shape index (κ2) is 11.5. The summed E-state index contributed by atoms with van der Waals surface area (Å²) >= 11 is 0. The Balaban J connectivity index is 1.15. The van der Waals surface area contributed by atoms with E-state index >= 15 is 0 Å². The summed E-state index contributed by atoms with van der Waals surface area (Å²) in [5, 5.41) is 14.1. The highest BCUT2D eigenvalue weighted by Gasteiger charge is 2.46. The molecule has 216 valence electrons. The first-order valence-electron chi connectivity index (χ1n) is 15.3. The van der Waals surface area contributed by atoms with Crippen LogP contribution in [0.2, 0.25) is 0 Å². The lowest BCUT2D eigenvalue weighted by molar-refractivity contribution is -0.155. The SMILES string of the molecule is N#CC1(C2CCCCCCCC2)CNc2ccc(-c3ccc(C(=O)N4CCN(C(=O)C5(N)COC5)CC4)cc3)cc21. The van der Waals surface area contributed by atoms with Gasteiger partial charge in [-0.15, -0.1) is 0 Å². The van der Waals surface area contributed by atoms with E-state index in [1.54, 1.807) is 9.80 Å². The summed E-state index contributed by atoms with van der Waals surface area (Å²) in [6.45, 7) is 3.13. The highest BCUT2D eigenvalue weighted by molar-refractivity contribution is 5.95. The lowest BCUT2D eigenvalue weighted by atomic mass is 9.68. The van der Waals surface area contributed by atoms with Gasteiger partial charge in [-0.05, 0) is 59.7 Å². The molecule has 0 spiro atoms. The van der Waals surface area contributed by atoms with E-state index < -0.39 is 11.0 Å². The third-order valence-electron chi connectivity index (χ3n) is 9.77. The van der Waals surface area contributed by atoms with Gasteiger partial charge in [-0.25, -0.2) is 0 Å². The standard InChI is InChI=1S/C33H41N5O3/c34-20-32(27-7-5-3-1-2-4-6-8-27)21-36-29-14-13-26(19-28(29)32)24-9-11-25(12-10-24)30(39)37-15-17-38(18-16-37)31(40)33(35)22-41-23-33/h9-14,19,27,36H,1-8,15-18,21-23,35H2. The molecular weight excluding hydrogens is 514 g/mol. The molecule has 3 aliphatic heterocycles. The van der Waals surface area contributed by atoms with E-state index in [-0.39, 0.29) is 25.0 Å². The van der Waals surface area contributed by atoms with Crippen LogP contribution < -0.4 is 11.1 Å². The Kier molecular flexibility index (Phi) is 7.76. The first-order chi connectivity index (χ1) is 19.9. The second-order valence-corrected chi connectivity index (χ2v) is 12.4. The van der Waals surface area contributed by atoms with E-state index in [0.717, 1.165) is 35.2 Å². The molecule has 3 heterocycles. The van der Waals surface area contributed by atoms with Gasteiger partial charge >= 0.3 is 0 Å². The molecule has 41 heavy (non-hydrogen) atoms. The average molecular weight is 556 g/mol. The summed E-state index contributed by atoms with van der Waals surface area (Å²) in [5.74, 6) is 0.248. The van der Waals surface area contributed by atoms with Gasteiger partial charge in [0.25, 0.3) is 5.91 Å². The number of nitriles is 1. The maximum atomic E-state index is 13.3. The van der Waals surface area contributed by atoms with Gasteiger partial charge in [0.1, 0.15) is 11.0 Å². The number of carbonyl (C=O) groups excluding carboxylic acids is 2. The van der Waals surface area contributed by atoms with Gasteiger partial charge in [0, 0.05) is 44.0 Å². The molecule has 1 aliphatic carbocycles. The largest absolute Gasteiger partial charge is 0.383 e. The first kappa shape index (κ1) is 27.7. The van der Waals surface area contributed by atoms with Crippen molar-refractivity contribution in [2.75, 3.05) is 51.3 Å². The number of ether oxygens (including phenoxy) is 1. The molecule has 3 N–H and O–H groups in total. The van der Waals surface area contributed by atoms with Gasteiger partial charge in [0.2, 0.25) is 5.91 Å². The smallest absolute Gasteiger partial charge is 0.253 e. The van der Waals surface area contributed by atoms with Crippen molar-refractivity contribution in [2.24, 2.45) is 11.7 Å². The Hall–Kier alpha value is -3.41. The van der Waals surface area contributed by atoms with Crippen molar-refractivity contribution in [3.05, 3.63) is 53.6 Å². The first-order valence-corrected chi connectivity index (χ1v) is 15.3. The van der Waals surface area contributed by atoms with Crippen LogP contribution in [-0.4, -0.2) is 73.1 Å². The van der Waals surface area contributed by atoms with E-state index in [1.165, 1.54) is 38.5 Å². The summed E-state index contributed by atoms with van der Waals surface area (Å²) in [6, 6.07) is 17.0. The third-order valence-corrected chi connectivity index (χ3v) is 9.77. The van der Waals surface area contributed by atoms with Crippen LogP contribution in [0, 0.1) is 17.2 Å². The zero-order valence-electron chi connectivity index (χ0n) is 23.9. The summed E-state index contributed by atoms with van der Waals surface area (Å²) in [5.41, 5.74) is 9.65. The van der Waals surface area contributed by atoms with Crippen molar-refractivity contribution in [3.8, 4) is 17.2 Å². The summed E-state index contributed by atoms with van der Waals surface area (Å²) < 4.78 is 5.13. The molecule has 2 aromatic rings. The minimum absolute atomic E-state index is 0.0278. The van der Waals surface area contributed by atoms with E-state index in [0.29, 0.717) is 44.2 Å². The molecule has 8 nitrogen and oxygen atoms in total. The van der Waals surface area contributed by atoms with Crippen LogP contribution in [0.15, 0.2) is 42.5 Å². The Morgan fingerprint density at radius 1 is 0.878 bits per heavy atom. The molecular formula is C33H41N5O3. The summed E-state index contributed by atoms with van der Waals surface area (Å²) in [4.78, 5) is 29.5. The van der Waals surface area contributed by atoms with Gasteiger partial charge in [-0.3, -0.25) is 9.59 Å². The van der Waals surface area contributed by atoms with Crippen LogP contribution in [0.4, 0.5) is 5.69 Å². The molecule has 1 atom stereocenters. The molecule has 8 heteroatoms. The van der Waals surface area contributed by atoms with Crippen molar-refractivity contribution < 1.29 is 14.3 Å². The molecule has 6 rings (SSSR count). The molecule has 2 aromatic carbocycles. The van der Waals surface area contributed by atoms with Crippen LogP contribution in [0.5, 0.6) is 0 Å². The van der Waals surface area contributed by atoms with E-state index in [1.807, 2.05) is 24.3 Å². The van der Waals surface area contributed by atoms with E-state index in [9.17, 15) is 14.9 Å². The number of nitrogens with one attached hydrogen (secondary N) is 1. The van der Waals surface area contributed by atoms with Crippen LogP contribution in [-0.2, 0) is 14.9 Å². The van der Waals surface area contributed by atoms with Crippen molar-refractivity contribution >= 4 is 17.5 Å². The molecule has 0 bridgehead atoms. The molecule has 4 aliphatic rings. The van der Waals surface area contributed by atoms with Crippen molar-refractivity contribution in [2.45, 2.75) is 62.3 Å². The van der Waals surface area contributed by atoms with Gasteiger partial charge in [0.05, 0.1) is 19.3 Å². The van der Waals surface area contributed by atoms with Crippen molar-refractivity contribution in [3.63, 3.8) is 0 Å². The average Bonchev–Trinajstić information content (AvgIpc) is 3.44. The predicted molar refractivity (Wildman–Crippen MR) is 158 cm³/mol. The normalized spacial score (nSPS) is 24.6. The second-order valence-electron chi connectivity index (χ2n) is 12.4. The molecule has 3 fully saturated rings. The minimum atomic E-state index is -0.906. The lowest BCUT2D eigenvalue weighted by Crippen LogP contribution is -2.68. The molecule has 0 radical (unpaired) electrons. The Bertz CT molecular complexity index is 1310. The number of hydrogen-bond acceptors (Lipinski definition) is 6. The fourth-order valence-corrected chi connectivity index (χ4v) is 7.12. The molecule has 2 saturated heterocycles. The monoisotopic (exact) mass is 555 g/mol. The lowest BCUT2D eigenvalue weighted by Gasteiger charge is -2.43. The van der Waals surface area contributed by atoms with Crippen LogP contribution in [0.3, 0.4) is 0 Å². The number of rotatable bonds is 4. The maximum absolute atomic E-state index is 13.3. The van der Waals surface area contributed by atoms with Gasteiger partial charge < -0.3 is 25.6 Å². The summed E-state index contributed by atoms with van der Waals surface area (Å²) in [7, 11) is 0. The number of hydrogen-bond donors (Lipinski definition) is 2. The predicted octanol–water partition coefficient (Wildman–Crippen LogP) is 4.30. The van der Waals surface area contributed by atoms with Crippen LogP contribution in [0.1, 0.15) is 67.3 Å². The highest BCUT2D eigenvalue weighted by Crippen LogP contribution is 2.47. The van der Waals surface area contributed by atoms with Gasteiger partial charge in [-0.1, -0.05) is 56.7 Å².